The van der Waals surface area contributed by atoms with Crippen LogP contribution in [0, 0.1) is 5.92 Å². The predicted octanol–water partition coefficient (Wildman–Crippen LogP) is 2.76. The van der Waals surface area contributed by atoms with Crippen LogP contribution in [0.1, 0.15) is 31.2 Å². The molecule has 1 fully saturated rings. The van der Waals surface area contributed by atoms with Crippen molar-refractivity contribution in [2.24, 2.45) is 5.92 Å². The van der Waals surface area contributed by atoms with Gasteiger partial charge in [-0.3, -0.25) is 9.69 Å². The van der Waals surface area contributed by atoms with E-state index in [1.54, 1.807) is 0 Å². The van der Waals surface area contributed by atoms with Crippen LogP contribution in [0.3, 0.4) is 0 Å². The topological polar surface area (TPSA) is 40.5 Å². The van der Waals surface area contributed by atoms with Gasteiger partial charge in [-0.1, -0.05) is 30.3 Å². The average Bonchev–Trinajstić information content (AvgIpc) is 2.40. The third-order valence-corrected chi connectivity index (χ3v) is 3.94. The standard InChI is InChI=1S/C15H21NO2/c1-16(11-12-5-3-2-4-6-12)14-9-7-13(8-10-14)15(17)18/h2-6,13-14H,7-11H2,1H3,(H,17,18). The van der Waals surface area contributed by atoms with Crippen molar-refractivity contribution in [1.82, 2.24) is 4.90 Å². The third kappa shape index (κ3) is 3.33. The van der Waals surface area contributed by atoms with Gasteiger partial charge in [0.25, 0.3) is 0 Å². The first kappa shape index (κ1) is 13.1. The summed E-state index contributed by atoms with van der Waals surface area (Å²) in [5.41, 5.74) is 1.32. The van der Waals surface area contributed by atoms with Crippen molar-refractivity contribution >= 4 is 5.97 Å². The molecule has 0 bridgehead atoms. The lowest BCUT2D eigenvalue weighted by Crippen LogP contribution is -2.36. The first-order valence-electron chi connectivity index (χ1n) is 6.64. The van der Waals surface area contributed by atoms with E-state index >= 15 is 0 Å². The highest BCUT2D eigenvalue weighted by Gasteiger charge is 2.27. The number of benzene rings is 1. The molecule has 0 saturated heterocycles. The average molecular weight is 247 g/mol. The molecule has 3 nitrogen and oxygen atoms in total. The summed E-state index contributed by atoms with van der Waals surface area (Å²) in [7, 11) is 2.14. The summed E-state index contributed by atoms with van der Waals surface area (Å²) < 4.78 is 0. The van der Waals surface area contributed by atoms with E-state index in [2.05, 4.69) is 36.2 Å². The van der Waals surface area contributed by atoms with Gasteiger partial charge < -0.3 is 5.11 Å². The smallest absolute Gasteiger partial charge is 0.306 e. The van der Waals surface area contributed by atoms with E-state index in [4.69, 9.17) is 5.11 Å². The second kappa shape index (κ2) is 6.01. The second-order valence-electron chi connectivity index (χ2n) is 5.24. The number of rotatable bonds is 4. The van der Waals surface area contributed by atoms with E-state index < -0.39 is 5.97 Å². The molecule has 1 aliphatic rings. The monoisotopic (exact) mass is 247 g/mol. The number of carbonyl (C=O) groups is 1. The molecule has 0 radical (unpaired) electrons. The van der Waals surface area contributed by atoms with Gasteiger partial charge in [0.1, 0.15) is 0 Å². The molecule has 0 spiro atoms. The summed E-state index contributed by atoms with van der Waals surface area (Å²) in [5, 5.41) is 8.98. The quantitative estimate of drug-likeness (QED) is 0.889. The van der Waals surface area contributed by atoms with Gasteiger partial charge in [0.15, 0.2) is 0 Å². The van der Waals surface area contributed by atoms with Crippen molar-refractivity contribution in [3.63, 3.8) is 0 Å². The third-order valence-electron chi connectivity index (χ3n) is 3.94. The maximum atomic E-state index is 10.9. The molecule has 1 aromatic rings. The maximum Gasteiger partial charge on any atom is 0.306 e. The molecule has 1 aliphatic carbocycles. The molecule has 0 unspecified atom stereocenters. The molecule has 98 valence electrons. The Morgan fingerprint density at radius 2 is 1.83 bits per heavy atom. The van der Waals surface area contributed by atoms with Crippen LogP contribution in [0.5, 0.6) is 0 Å². The zero-order valence-corrected chi connectivity index (χ0v) is 10.9. The molecule has 3 heteroatoms. The number of hydrogen-bond acceptors (Lipinski definition) is 2. The fourth-order valence-corrected chi connectivity index (χ4v) is 2.76. The Bertz CT molecular complexity index is 383. The van der Waals surface area contributed by atoms with Gasteiger partial charge in [0.2, 0.25) is 0 Å². The van der Waals surface area contributed by atoms with Crippen molar-refractivity contribution in [3.8, 4) is 0 Å². The highest BCUT2D eigenvalue weighted by atomic mass is 16.4. The molecule has 1 N–H and O–H groups in total. The molecule has 1 saturated carbocycles. The van der Waals surface area contributed by atoms with Crippen LogP contribution >= 0.6 is 0 Å². The largest absolute Gasteiger partial charge is 0.481 e. The van der Waals surface area contributed by atoms with Gasteiger partial charge in [-0.15, -0.1) is 0 Å². The molecule has 18 heavy (non-hydrogen) atoms. The summed E-state index contributed by atoms with van der Waals surface area (Å²) in [5.74, 6) is -0.745. The lowest BCUT2D eigenvalue weighted by molar-refractivity contribution is -0.143. The SMILES string of the molecule is CN(Cc1ccccc1)C1CCC(C(=O)O)CC1. The lowest BCUT2D eigenvalue weighted by atomic mass is 9.85. The Kier molecular flexibility index (Phi) is 4.37. The van der Waals surface area contributed by atoms with Crippen LogP contribution in [0.4, 0.5) is 0 Å². The summed E-state index contributed by atoms with van der Waals surface area (Å²) in [6, 6.07) is 11.0. The lowest BCUT2D eigenvalue weighted by Gasteiger charge is -2.33. The zero-order chi connectivity index (χ0) is 13.0. The summed E-state index contributed by atoms with van der Waals surface area (Å²) in [4.78, 5) is 13.3. The molecule has 0 aliphatic heterocycles. The van der Waals surface area contributed by atoms with Crippen molar-refractivity contribution < 1.29 is 9.90 Å². The van der Waals surface area contributed by atoms with E-state index in [9.17, 15) is 4.79 Å². The number of carboxylic acids is 1. The van der Waals surface area contributed by atoms with Gasteiger partial charge in [0.05, 0.1) is 5.92 Å². The summed E-state index contributed by atoms with van der Waals surface area (Å²) >= 11 is 0. The minimum atomic E-state index is -0.626. The minimum absolute atomic E-state index is 0.119. The molecule has 1 aromatic carbocycles. The van der Waals surface area contributed by atoms with Crippen LogP contribution in [-0.2, 0) is 11.3 Å². The fraction of sp³-hybridized carbons (Fsp3) is 0.533. The molecule has 0 amide bonds. The molecular weight excluding hydrogens is 226 g/mol. The van der Waals surface area contributed by atoms with Gasteiger partial charge in [-0.25, -0.2) is 0 Å². The highest BCUT2D eigenvalue weighted by molar-refractivity contribution is 5.70. The van der Waals surface area contributed by atoms with Gasteiger partial charge >= 0.3 is 5.97 Å². The van der Waals surface area contributed by atoms with Gasteiger partial charge in [-0.2, -0.15) is 0 Å². The van der Waals surface area contributed by atoms with Gasteiger partial charge in [0, 0.05) is 12.6 Å². The van der Waals surface area contributed by atoms with E-state index in [0.29, 0.717) is 6.04 Å². The van der Waals surface area contributed by atoms with Crippen molar-refractivity contribution in [3.05, 3.63) is 35.9 Å². The predicted molar refractivity (Wildman–Crippen MR) is 71.3 cm³/mol. The number of hydrogen-bond donors (Lipinski definition) is 1. The Morgan fingerprint density at radius 3 is 2.39 bits per heavy atom. The Morgan fingerprint density at radius 1 is 1.22 bits per heavy atom. The first-order chi connectivity index (χ1) is 8.66. The minimum Gasteiger partial charge on any atom is -0.481 e. The highest BCUT2D eigenvalue weighted by Crippen LogP contribution is 2.27. The summed E-state index contributed by atoms with van der Waals surface area (Å²) in [6.45, 7) is 0.948. The van der Waals surface area contributed by atoms with Crippen LogP contribution in [0.15, 0.2) is 30.3 Å². The molecule has 0 heterocycles. The van der Waals surface area contributed by atoms with Crippen LogP contribution in [-0.4, -0.2) is 29.1 Å². The zero-order valence-electron chi connectivity index (χ0n) is 10.9. The van der Waals surface area contributed by atoms with Crippen molar-refractivity contribution in [2.75, 3.05) is 7.05 Å². The van der Waals surface area contributed by atoms with Crippen LogP contribution in [0.25, 0.3) is 0 Å². The number of carboxylic acid groups (broad SMARTS) is 1. The number of nitrogens with zero attached hydrogens (tertiary/aromatic N) is 1. The van der Waals surface area contributed by atoms with Crippen molar-refractivity contribution in [1.29, 1.82) is 0 Å². The van der Waals surface area contributed by atoms with Crippen LogP contribution < -0.4 is 0 Å². The summed E-state index contributed by atoms with van der Waals surface area (Å²) in [6.07, 6.45) is 3.64. The molecule has 2 rings (SSSR count). The fourth-order valence-electron chi connectivity index (χ4n) is 2.76. The van der Waals surface area contributed by atoms with Gasteiger partial charge in [-0.05, 0) is 38.3 Å². The van der Waals surface area contributed by atoms with E-state index in [1.165, 1.54) is 5.56 Å². The number of aliphatic carboxylic acids is 1. The Balaban J connectivity index is 1.84. The van der Waals surface area contributed by atoms with Crippen molar-refractivity contribution in [2.45, 2.75) is 38.3 Å². The van der Waals surface area contributed by atoms with E-state index in [-0.39, 0.29) is 5.92 Å². The normalized spacial score (nSPS) is 24.1. The maximum absolute atomic E-state index is 10.9. The molecule has 0 aromatic heterocycles. The molecular formula is C15H21NO2. The Labute approximate surface area is 108 Å². The van der Waals surface area contributed by atoms with E-state index in [0.717, 1.165) is 32.2 Å². The second-order valence-corrected chi connectivity index (χ2v) is 5.24. The first-order valence-corrected chi connectivity index (χ1v) is 6.64. The van der Waals surface area contributed by atoms with Crippen LogP contribution in [0.2, 0.25) is 0 Å². The molecule has 0 atom stereocenters. The Hall–Kier alpha value is -1.35. The van der Waals surface area contributed by atoms with E-state index in [1.807, 2.05) is 6.07 Å².